The van der Waals surface area contributed by atoms with Crippen LogP contribution in [0.3, 0.4) is 0 Å². The summed E-state index contributed by atoms with van der Waals surface area (Å²) >= 11 is 0. The molecule has 2 aliphatic carbocycles. The zero-order chi connectivity index (χ0) is 11.9. The minimum absolute atomic E-state index is 0.189. The highest BCUT2D eigenvalue weighted by molar-refractivity contribution is 5.32. The van der Waals surface area contributed by atoms with Gasteiger partial charge in [0, 0.05) is 5.92 Å². The fraction of sp³-hybridized carbons (Fsp3) is 0.733. The van der Waals surface area contributed by atoms with Crippen LogP contribution in [0, 0.1) is 17.8 Å². The molecule has 0 aromatic carbocycles. The Labute approximate surface area is 99.3 Å². The molecule has 3 atom stereocenters. The lowest BCUT2D eigenvalue weighted by Crippen LogP contribution is -2.33. The monoisotopic (exact) mass is 220 g/mol. The highest BCUT2D eigenvalue weighted by atomic mass is 16.3. The summed E-state index contributed by atoms with van der Waals surface area (Å²) in [6.45, 7) is 8.94. The van der Waals surface area contributed by atoms with Gasteiger partial charge < -0.3 is 5.11 Å². The second kappa shape index (κ2) is 4.37. The molecule has 0 aliphatic heterocycles. The number of hydrogen-bond acceptors (Lipinski definition) is 1. The van der Waals surface area contributed by atoms with Gasteiger partial charge in [-0.2, -0.15) is 0 Å². The van der Waals surface area contributed by atoms with Gasteiger partial charge in [-0.15, -0.1) is 0 Å². The summed E-state index contributed by atoms with van der Waals surface area (Å²) < 4.78 is 0. The van der Waals surface area contributed by atoms with Crippen molar-refractivity contribution in [1.82, 2.24) is 0 Å². The maximum Gasteiger partial charge on any atom is 0.0753 e. The molecule has 0 saturated carbocycles. The fourth-order valence-electron chi connectivity index (χ4n) is 3.31. The van der Waals surface area contributed by atoms with Crippen LogP contribution in [0.15, 0.2) is 22.8 Å². The molecule has 0 radical (unpaired) electrons. The predicted molar refractivity (Wildman–Crippen MR) is 68.1 cm³/mol. The van der Waals surface area contributed by atoms with Crippen LogP contribution < -0.4 is 0 Å². The summed E-state index contributed by atoms with van der Waals surface area (Å²) in [7, 11) is 0. The number of hydrogen-bond donors (Lipinski definition) is 1. The molecule has 0 spiro atoms. The lowest BCUT2D eigenvalue weighted by atomic mass is 9.66. The SMILES string of the molecule is CC1=C[C@@H]2C(=C(C)[C@H](O)C[C@H]2C(C)C)CC1. The molecule has 1 nitrogen and oxygen atoms in total. The molecule has 0 heterocycles. The minimum Gasteiger partial charge on any atom is -0.389 e. The molecule has 90 valence electrons. The van der Waals surface area contributed by atoms with Crippen molar-refractivity contribution in [3.8, 4) is 0 Å². The van der Waals surface area contributed by atoms with Crippen LogP contribution in [-0.2, 0) is 0 Å². The highest BCUT2D eigenvalue weighted by Gasteiger charge is 2.35. The van der Waals surface area contributed by atoms with Gasteiger partial charge in [-0.05, 0) is 50.5 Å². The molecule has 16 heavy (non-hydrogen) atoms. The van der Waals surface area contributed by atoms with Crippen LogP contribution >= 0.6 is 0 Å². The van der Waals surface area contributed by atoms with E-state index in [0.717, 1.165) is 6.42 Å². The van der Waals surface area contributed by atoms with Gasteiger partial charge in [0.25, 0.3) is 0 Å². The van der Waals surface area contributed by atoms with E-state index >= 15 is 0 Å². The molecular weight excluding hydrogens is 196 g/mol. The van der Waals surface area contributed by atoms with Crippen molar-refractivity contribution in [2.75, 3.05) is 0 Å². The van der Waals surface area contributed by atoms with E-state index in [-0.39, 0.29) is 6.10 Å². The lowest BCUT2D eigenvalue weighted by molar-refractivity contribution is 0.126. The standard InChI is InChI=1S/C15H24O/c1-9(2)13-8-15(16)11(4)12-6-5-10(3)7-14(12)13/h7,9,13-16H,5-6,8H2,1-4H3/t13-,14+,15+/m0/s1. The van der Waals surface area contributed by atoms with Gasteiger partial charge >= 0.3 is 0 Å². The number of aliphatic hydroxyl groups is 1. The Bertz CT molecular complexity index is 335. The lowest BCUT2D eigenvalue weighted by Gasteiger charge is -2.40. The molecular formula is C15H24O. The number of aliphatic hydroxyl groups excluding tert-OH is 1. The maximum atomic E-state index is 10.1. The summed E-state index contributed by atoms with van der Waals surface area (Å²) in [6, 6.07) is 0. The third kappa shape index (κ3) is 1.98. The normalized spacial score (nSPS) is 35.1. The third-order valence-electron chi connectivity index (χ3n) is 4.47. The molecule has 0 bridgehead atoms. The van der Waals surface area contributed by atoms with Crippen molar-refractivity contribution in [3.63, 3.8) is 0 Å². The second-order valence-electron chi connectivity index (χ2n) is 5.91. The largest absolute Gasteiger partial charge is 0.389 e. The van der Waals surface area contributed by atoms with E-state index in [2.05, 4.69) is 33.8 Å². The van der Waals surface area contributed by atoms with Crippen molar-refractivity contribution < 1.29 is 5.11 Å². The van der Waals surface area contributed by atoms with Crippen LogP contribution in [0.1, 0.15) is 47.0 Å². The highest BCUT2D eigenvalue weighted by Crippen LogP contribution is 2.44. The summed E-state index contributed by atoms with van der Waals surface area (Å²) in [5.41, 5.74) is 4.32. The van der Waals surface area contributed by atoms with E-state index in [1.165, 1.54) is 29.6 Å². The van der Waals surface area contributed by atoms with Gasteiger partial charge in [-0.1, -0.05) is 31.1 Å². The minimum atomic E-state index is -0.189. The molecule has 0 unspecified atom stereocenters. The zero-order valence-corrected chi connectivity index (χ0v) is 11.0. The summed E-state index contributed by atoms with van der Waals surface area (Å²) in [6.07, 6.45) is 5.56. The van der Waals surface area contributed by atoms with Crippen LogP contribution in [0.4, 0.5) is 0 Å². The summed E-state index contributed by atoms with van der Waals surface area (Å²) in [5, 5.41) is 10.1. The van der Waals surface area contributed by atoms with E-state index in [1.54, 1.807) is 0 Å². The maximum absolute atomic E-state index is 10.1. The van der Waals surface area contributed by atoms with Gasteiger partial charge in [-0.25, -0.2) is 0 Å². The average Bonchev–Trinajstić information content (AvgIpc) is 2.22. The molecule has 2 rings (SSSR count). The summed E-state index contributed by atoms with van der Waals surface area (Å²) in [4.78, 5) is 0. The number of allylic oxidation sites excluding steroid dienone is 3. The molecule has 2 aliphatic rings. The van der Waals surface area contributed by atoms with E-state index in [1.807, 2.05) is 0 Å². The molecule has 0 amide bonds. The molecule has 0 saturated heterocycles. The molecule has 1 heteroatoms. The molecule has 0 fully saturated rings. The molecule has 1 N–H and O–H groups in total. The van der Waals surface area contributed by atoms with Gasteiger partial charge in [-0.3, -0.25) is 0 Å². The van der Waals surface area contributed by atoms with E-state index in [0.29, 0.717) is 17.8 Å². The van der Waals surface area contributed by atoms with Gasteiger partial charge in [0.15, 0.2) is 0 Å². The van der Waals surface area contributed by atoms with Crippen LogP contribution in [0.2, 0.25) is 0 Å². The topological polar surface area (TPSA) is 20.2 Å². The first-order valence-corrected chi connectivity index (χ1v) is 6.55. The van der Waals surface area contributed by atoms with Crippen molar-refractivity contribution >= 4 is 0 Å². The van der Waals surface area contributed by atoms with Crippen molar-refractivity contribution in [1.29, 1.82) is 0 Å². The van der Waals surface area contributed by atoms with E-state index < -0.39 is 0 Å². The Morgan fingerprint density at radius 3 is 2.56 bits per heavy atom. The molecule has 0 aromatic heterocycles. The van der Waals surface area contributed by atoms with E-state index in [9.17, 15) is 5.11 Å². The third-order valence-corrected chi connectivity index (χ3v) is 4.47. The molecule has 0 aromatic rings. The Morgan fingerprint density at radius 2 is 1.94 bits per heavy atom. The smallest absolute Gasteiger partial charge is 0.0753 e. The second-order valence-corrected chi connectivity index (χ2v) is 5.91. The van der Waals surface area contributed by atoms with E-state index in [4.69, 9.17) is 0 Å². The summed E-state index contributed by atoms with van der Waals surface area (Å²) in [5.74, 6) is 1.89. The quantitative estimate of drug-likeness (QED) is 0.668. The Morgan fingerprint density at radius 1 is 1.25 bits per heavy atom. The van der Waals surface area contributed by atoms with Crippen molar-refractivity contribution in [2.24, 2.45) is 17.8 Å². The number of rotatable bonds is 1. The van der Waals surface area contributed by atoms with Gasteiger partial charge in [0.2, 0.25) is 0 Å². The Hall–Kier alpha value is -0.560. The zero-order valence-electron chi connectivity index (χ0n) is 11.0. The first kappa shape index (κ1) is 11.9. The Kier molecular flexibility index (Phi) is 3.25. The first-order valence-electron chi connectivity index (χ1n) is 6.55. The van der Waals surface area contributed by atoms with Crippen molar-refractivity contribution in [2.45, 2.75) is 53.1 Å². The number of fused-ring (bicyclic) bond motifs is 1. The fourth-order valence-corrected chi connectivity index (χ4v) is 3.31. The van der Waals surface area contributed by atoms with Crippen LogP contribution in [0.5, 0.6) is 0 Å². The Balaban J connectivity index is 2.38. The predicted octanol–water partition coefficient (Wildman–Crippen LogP) is 3.70. The first-order chi connectivity index (χ1) is 7.50. The average molecular weight is 220 g/mol. The van der Waals surface area contributed by atoms with Crippen molar-refractivity contribution in [3.05, 3.63) is 22.8 Å². The van der Waals surface area contributed by atoms with Gasteiger partial charge in [0.05, 0.1) is 6.10 Å². The van der Waals surface area contributed by atoms with Crippen LogP contribution in [0.25, 0.3) is 0 Å². The van der Waals surface area contributed by atoms with Crippen LogP contribution in [-0.4, -0.2) is 11.2 Å². The van der Waals surface area contributed by atoms with Gasteiger partial charge in [0.1, 0.15) is 0 Å².